The maximum Gasteiger partial charge on any atom is 0.230 e. The number of nitrogens with two attached hydrogens (primary N) is 1. The maximum absolute atomic E-state index is 14.4. The highest BCUT2D eigenvalue weighted by Crippen LogP contribution is 2.66. The SMILES string of the molecule is CCC/C=C/c1cc(C(C)C)c2c(c1O)C(=O)[C@@H]1C(O)[C@@]3(O)C(=O)[C@H](C(N)=O)C(O)[C@H](C(C)C)[C@@]3(C)C[C@@]1(C)C2. The van der Waals surface area contributed by atoms with Crippen molar-refractivity contribution in [2.75, 3.05) is 0 Å². The van der Waals surface area contributed by atoms with Crippen molar-refractivity contribution in [2.45, 2.75) is 97.9 Å². The predicted octanol–water partition coefficient (Wildman–Crippen LogP) is 3.51. The molecule has 2 saturated carbocycles. The number of Topliss-reactive ketones (excluding diaryl/α,β-unsaturated/α-hetero) is 2. The summed E-state index contributed by atoms with van der Waals surface area (Å²) in [7, 11) is 0. The van der Waals surface area contributed by atoms with Crippen molar-refractivity contribution in [1.29, 1.82) is 0 Å². The first-order chi connectivity index (χ1) is 18.5. The second-order valence-corrected chi connectivity index (χ2v) is 13.6. The molecule has 0 heterocycles. The van der Waals surface area contributed by atoms with E-state index in [0.29, 0.717) is 17.5 Å². The van der Waals surface area contributed by atoms with Crippen LogP contribution >= 0.6 is 0 Å². The Labute approximate surface area is 236 Å². The molecular formula is C32H45NO7. The Balaban J connectivity index is 1.97. The number of hydrogen-bond acceptors (Lipinski definition) is 7. The van der Waals surface area contributed by atoms with Gasteiger partial charge in [0.25, 0.3) is 0 Å². The molecule has 8 nitrogen and oxygen atoms in total. The lowest BCUT2D eigenvalue weighted by Gasteiger charge is -2.66. The topological polar surface area (TPSA) is 158 Å². The van der Waals surface area contributed by atoms with Crippen molar-refractivity contribution >= 4 is 23.5 Å². The minimum Gasteiger partial charge on any atom is -0.507 e. The number of carbonyl (C=O) groups excluding carboxylic acids is 3. The van der Waals surface area contributed by atoms with Gasteiger partial charge in [-0.05, 0) is 59.6 Å². The molecule has 1 aromatic carbocycles. The number of phenolic OH excluding ortho intramolecular Hbond substituents is 1. The lowest BCUT2D eigenvalue weighted by atomic mass is 9.39. The molecule has 8 atom stereocenters. The zero-order valence-electron chi connectivity index (χ0n) is 24.7. The number of benzene rings is 1. The number of phenols is 1. The Morgan fingerprint density at radius 3 is 2.33 bits per heavy atom. The molecule has 0 saturated heterocycles. The van der Waals surface area contributed by atoms with Crippen molar-refractivity contribution in [3.05, 3.63) is 34.4 Å². The summed E-state index contributed by atoms with van der Waals surface area (Å²) < 4.78 is 0. The van der Waals surface area contributed by atoms with E-state index in [1.807, 2.05) is 53.7 Å². The number of fused-ring (bicyclic) bond motifs is 3. The Hall–Kier alpha value is -2.55. The van der Waals surface area contributed by atoms with Gasteiger partial charge >= 0.3 is 0 Å². The summed E-state index contributed by atoms with van der Waals surface area (Å²) in [5.41, 5.74) is 3.02. The first-order valence-corrected chi connectivity index (χ1v) is 14.5. The third kappa shape index (κ3) is 4.01. The Kier molecular flexibility index (Phi) is 7.65. The molecule has 3 aliphatic carbocycles. The summed E-state index contributed by atoms with van der Waals surface area (Å²) in [5.74, 6) is -6.79. The summed E-state index contributed by atoms with van der Waals surface area (Å²) in [4.78, 5) is 40.6. The Bertz CT molecular complexity index is 1270. The molecule has 0 bridgehead atoms. The minimum atomic E-state index is -2.51. The van der Waals surface area contributed by atoms with Crippen LogP contribution in [-0.4, -0.2) is 55.7 Å². The molecule has 2 unspecified atom stereocenters. The number of aromatic hydroxyl groups is 1. The van der Waals surface area contributed by atoms with E-state index in [1.165, 1.54) is 0 Å². The van der Waals surface area contributed by atoms with E-state index in [4.69, 9.17) is 5.73 Å². The van der Waals surface area contributed by atoms with E-state index in [2.05, 4.69) is 0 Å². The second-order valence-electron chi connectivity index (χ2n) is 13.6. The summed E-state index contributed by atoms with van der Waals surface area (Å²) in [6, 6.07) is 1.92. The number of rotatable bonds is 6. The number of unbranched alkanes of at least 4 members (excludes halogenated alkanes) is 1. The zero-order chi connectivity index (χ0) is 30.1. The highest BCUT2D eigenvalue weighted by molar-refractivity contribution is 6.09. The molecular weight excluding hydrogens is 510 g/mol. The number of allylic oxidation sites excluding steroid dienone is 1. The van der Waals surface area contributed by atoms with E-state index >= 15 is 0 Å². The lowest BCUT2D eigenvalue weighted by Crippen LogP contribution is -2.79. The van der Waals surface area contributed by atoms with Crippen molar-refractivity contribution in [2.24, 2.45) is 40.2 Å². The molecule has 1 aromatic rings. The van der Waals surface area contributed by atoms with Gasteiger partial charge in [0.05, 0.1) is 17.6 Å². The van der Waals surface area contributed by atoms with Crippen LogP contribution in [-0.2, 0) is 16.0 Å². The molecule has 6 N–H and O–H groups in total. The molecule has 40 heavy (non-hydrogen) atoms. The van der Waals surface area contributed by atoms with Gasteiger partial charge in [0, 0.05) is 11.0 Å². The molecule has 0 aliphatic heterocycles. The minimum absolute atomic E-state index is 0.0412. The summed E-state index contributed by atoms with van der Waals surface area (Å²) >= 11 is 0. The van der Waals surface area contributed by atoms with Crippen molar-refractivity contribution in [3.63, 3.8) is 0 Å². The maximum atomic E-state index is 14.4. The molecule has 0 radical (unpaired) electrons. The van der Waals surface area contributed by atoms with Gasteiger partial charge in [-0.25, -0.2) is 0 Å². The fourth-order valence-electron chi connectivity index (χ4n) is 8.67. The van der Waals surface area contributed by atoms with Gasteiger partial charge in [0.15, 0.2) is 17.2 Å². The Morgan fingerprint density at radius 2 is 1.80 bits per heavy atom. The Morgan fingerprint density at radius 1 is 1.18 bits per heavy atom. The van der Waals surface area contributed by atoms with Gasteiger partial charge in [-0.1, -0.05) is 67.0 Å². The largest absolute Gasteiger partial charge is 0.507 e. The molecule has 4 rings (SSSR count). The van der Waals surface area contributed by atoms with E-state index in [0.717, 1.165) is 18.4 Å². The summed E-state index contributed by atoms with van der Waals surface area (Å²) in [5, 5.41) is 46.8. The van der Waals surface area contributed by atoms with Crippen LogP contribution in [0.5, 0.6) is 5.75 Å². The van der Waals surface area contributed by atoms with Crippen molar-refractivity contribution in [3.8, 4) is 5.75 Å². The van der Waals surface area contributed by atoms with Crippen LogP contribution in [0.15, 0.2) is 12.1 Å². The highest BCUT2D eigenvalue weighted by Gasteiger charge is 2.75. The van der Waals surface area contributed by atoms with E-state index in [-0.39, 0.29) is 29.6 Å². The van der Waals surface area contributed by atoms with Crippen LogP contribution in [0, 0.1) is 34.5 Å². The van der Waals surface area contributed by atoms with Gasteiger partial charge in [-0.2, -0.15) is 0 Å². The molecule has 0 spiro atoms. The van der Waals surface area contributed by atoms with E-state index in [1.54, 1.807) is 13.0 Å². The molecule has 2 fully saturated rings. The lowest BCUT2D eigenvalue weighted by molar-refractivity contribution is -0.265. The van der Waals surface area contributed by atoms with Gasteiger partial charge in [0.1, 0.15) is 17.8 Å². The van der Waals surface area contributed by atoms with Crippen LogP contribution in [0.25, 0.3) is 6.08 Å². The zero-order valence-corrected chi connectivity index (χ0v) is 24.7. The van der Waals surface area contributed by atoms with Gasteiger partial charge in [-0.3, -0.25) is 14.4 Å². The summed E-state index contributed by atoms with van der Waals surface area (Å²) in [6.07, 6.45) is 2.61. The van der Waals surface area contributed by atoms with E-state index < -0.39 is 63.9 Å². The van der Waals surface area contributed by atoms with Crippen LogP contribution in [0.1, 0.15) is 101 Å². The van der Waals surface area contributed by atoms with Crippen LogP contribution in [0.2, 0.25) is 0 Å². The summed E-state index contributed by atoms with van der Waals surface area (Å²) in [6.45, 7) is 13.3. The number of hydrogen-bond donors (Lipinski definition) is 5. The van der Waals surface area contributed by atoms with Crippen LogP contribution < -0.4 is 5.73 Å². The van der Waals surface area contributed by atoms with Crippen LogP contribution in [0.4, 0.5) is 0 Å². The third-order valence-corrected chi connectivity index (χ3v) is 10.2. The number of aliphatic hydroxyl groups is 3. The van der Waals surface area contributed by atoms with E-state index in [9.17, 15) is 34.8 Å². The van der Waals surface area contributed by atoms with Crippen LogP contribution in [0.3, 0.4) is 0 Å². The van der Waals surface area contributed by atoms with Gasteiger partial charge < -0.3 is 26.2 Å². The molecule has 220 valence electrons. The second kappa shape index (κ2) is 10.1. The molecule has 1 amide bonds. The first kappa shape index (κ1) is 30.4. The normalized spacial score (nSPS) is 37.5. The molecule has 0 aromatic heterocycles. The van der Waals surface area contributed by atoms with Crippen molar-refractivity contribution < 1.29 is 34.8 Å². The van der Waals surface area contributed by atoms with Crippen molar-refractivity contribution in [1.82, 2.24) is 0 Å². The average molecular weight is 556 g/mol. The predicted molar refractivity (Wildman–Crippen MR) is 151 cm³/mol. The molecule has 8 heteroatoms. The fourth-order valence-corrected chi connectivity index (χ4v) is 8.67. The number of ketones is 2. The number of amides is 1. The average Bonchev–Trinajstić information content (AvgIpc) is 2.82. The number of primary amides is 1. The third-order valence-electron chi connectivity index (χ3n) is 10.2. The number of carbonyl (C=O) groups is 3. The number of aliphatic hydroxyl groups excluding tert-OH is 2. The first-order valence-electron chi connectivity index (χ1n) is 14.5. The monoisotopic (exact) mass is 555 g/mol. The quantitative estimate of drug-likeness (QED) is 0.336. The van der Waals surface area contributed by atoms with Gasteiger partial charge in [-0.15, -0.1) is 0 Å². The fraction of sp³-hybridized carbons (Fsp3) is 0.656. The molecule has 3 aliphatic rings. The smallest absolute Gasteiger partial charge is 0.230 e. The van der Waals surface area contributed by atoms with Gasteiger partial charge in [0.2, 0.25) is 5.91 Å². The highest BCUT2D eigenvalue weighted by atomic mass is 16.4. The standard InChI is InChI=1S/C32H45NO7/c1-8-9-10-11-17-12-18(15(2)3)19-13-30(6)14-31(7)22(16(4)5)26(36)21(29(33)39)27(37)32(31,40)28(38)23(30)25(35)20(19)24(17)34/h10-12,15-16,21-23,26,28,34,36,38,40H,8-9,13-14H2,1-7H3,(H2,33,39)/b11-10+/t21-,22+,23-,26?,28?,30-,31-,32+/m1/s1.